The summed E-state index contributed by atoms with van der Waals surface area (Å²) < 4.78 is 12.6. The topological polar surface area (TPSA) is 79.3 Å². The van der Waals surface area contributed by atoms with Crippen LogP contribution < -0.4 is 5.32 Å². The zero-order valence-corrected chi connectivity index (χ0v) is 9.60. The Hall–Kier alpha value is -2.24. The number of carboxylic acids is 1. The van der Waals surface area contributed by atoms with Crippen molar-refractivity contribution < 1.29 is 19.1 Å². The third kappa shape index (κ3) is 3.97. The molecule has 1 aromatic rings. The predicted octanol–water partition coefficient (Wildman–Crippen LogP) is 1.37. The molecule has 1 heterocycles. The van der Waals surface area contributed by atoms with Gasteiger partial charge in [-0.1, -0.05) is 6.08 Å². The van der Waals surface area contributed by atoms with Crippen LogP contribution in [0.1, 0.15) is 23.3 Å². The van der Waals surface area contributed by atoms with E-state index in [4.69, 9.17) is 5.11 Å². The number of amides is 1. The standard InChI is InChI=1S/C12H13FN2O3/c1-2-3-4-10(12(17)18)15-11(16)9-6-5-8(13)7-14-9/h2,5-7,10H,1,3-4H2,(H,15,16)(H,17,18). The number of hydrogen-bond donors (Lipinski definition) is 2. The Morgan fingerprint density at radius 1 is 1.56 bits per heavy atom. The summed E-state index contributed by atoms with van der Waals surface area (Å²) in [6.45, 7) is 3.48. The smallest absolute Gasteiger partial charge is 0.326 e. The number of aliphatic carboxylic acids is 1. The molecule has 0 aliphatic carbocycles. The molecule has 0 spiro atoms. The second kappa shape index (κ2) is 6.48. The van der Waals surface area contributed by atoms with Gasteiger partial charge >= 0.3 is 5.97 Å². The number of allylic oxidation sites excluding steroid dienone is 1. The van der Waals surface area contributed by atoms with E-state index in [0.717, 1.165) is 12.3 Å². The van der Waals surface area contributed by atoms with Crippen molar-refractivity contribution in [1.82, 2.24) is 10.3 Å². The largest absolute Gasteiger partial charge is 0.480 e. The van der Waals surface area contributed by atoms with Crippen molar-refractivity contribution in [2.24, 2.45) is 0 Å². The molecule has 6 heteroatoms. The third-order valence-corrected chi connectivity index (χ3v) is 2.22. The molecule has 0 aliphatic heterocycles. The Labute approximate surface area is 103 Å². The van der Waals surface area contributed by atoms with E-state index in [-0.39, 0.29) is 12.1 Å². The van der Waals surface area contributed by atoms with Crippen LogP contribution in [0.2, 0.25) is 0 Å². The molecule has 1 aromatic heterocycles. The number of halogens is 1. The van der Waals surface area contributed by atoms with Crippen LogP contribution in [-0.4, -0.2) is 28.0 Å². The first kappa shape index (κ1) is 13.8. The molecule has 0 bridgehead atoms. The van der Waals surface area contributed by atoms with E-state index in [1.807, 2.05) is 0 Å². The molecule has 0 radical (unpaired) electrons. The van der Waals surface area contributed by atoms with Crippen LogP contribution in [0.25, 0.3) is 0 Å². The normalized spacial score (nSPS) is 11.6. The van der Waals surface area contributed by atoms with Crippen LogP contribution in [0.3, 0.4) is 0 Å². The molecule has 96 valence electrons. The molecule has 5 nitrogen and oxygen atoms in total. The van der Waals surface area contributed by atoms with Crippen molar-refractivity contribution in [3.8, 4) is 0 Å². The number of carbonyl (C=O) groups excluding carboxylic acids is 1. The van der Waals surface area contributed by atoms with E-state index >= 15 is 0 Å². The quantitative estimate of drug-likeness (QED) is 0.749. The molecule has 2 N–H and O–H groups in total. The maximum atomic E-state index is 12.6. The fraction of sp³-hybridized carbons (Fsp3) is 0.250. The highest BCUT2D eigenvalue weighted by Gasteiger charge is 2.20. The Balaban J connectivity index is 2.68. The summed E-state index contributed by atoms with van der Waals surface area (Å²) in [4.78, 5) is 26.1. The van der Waals surface area contributed by atoms with Gasteiger partial charge < -0.3 is 10.4 Å². The lowest BCUT2D eigenvalue weighted by Gasteiger charge is -2.13. The molecule has 1 unspecified atom stereocenters. The number of hydrogen-bond acceptors (Lipinski definition) is 3. The van der Waals surface area contributed by atoms with Crippen LogP contribution in [0.5, 0.6) is 0 Å². The maximum Gasteiger partial charge on any atom is 0.326 e. The second-order valence-corrected chi connectivity index (χ2v) is 3.59. The van der Waals surface area contributed by atoms with Crippen molar-refractivity contribution in [3.05, 3.63) is 42.5 Å². The molecular weight excluding hydrogens is 239 g/mol. The lowest BCUT2D eigenvalue weighted by molar-refractivity contribution is -0.139. The minimum atomic E-state index is -1.13. The van der Waals surface area contributed by atoms with E-state index < -0.39 is 23.7 Å². The Morgan fingerprint density at radius 2 is 2.28 bits per heavy atom. The third-order valence-electron chi connectivity index (χ3n) is 2.22. The summed E-state index contributed by atoms with van der Waals surface area (Å²) >= 11 is 0. The number of pyridine rings is 1. The van der Waals surface area contributed by atoms with Crippen LogP contribution in [0, 0.1) is 5.82 Å². The highest BCUT2D eigenvalue weighted by molar-refractivity contribution is 5.94. The molecule has 0 saturated carbocycles. The molecule has 1 rings (SSSR count). The van der Waals surface area contributed by atoms with Crippen molar-refractivity contribution in [2.45, 2.75) is 18.9 Å². The monoisotopic (exact) mass is 252 g/mol. The molecule has 0 aromatic carbocycles. The molecular formula is C12H13FN2O3. The van der Waals surface area contributed by atoms with Crippen molar-refractivity contribution in [2.75, 3.05) is 0 Å². The van der Waals surface area contributed by atoms with Crippen LogP contribution in [0.4, 0.5) is 4.39 Å². The summed E-state index contributed by atoms with van der Waals surface area (Å²) in [6, 6.07) is 1.26. The van der Waals surface area contributed by atoms with Crippen LogP contribution in [-0.2, 0) is 4.79 Å². The zero-order valence-electron chi connectivity index (χ0n) is 9.60. The molecule has 0 aliphatic rings. The van der Waals surface area contributed by atoms with E-state index in [9.17, 15) is 14.0 Å². The number of rotatable bonds is 6. The van der Waals surface area contributed by atoms with Gasteiger partial charge in [0.15, 0.2) is 0 Å². The lowest BCUT2D eigenvalue weighted by Crippen LogP contribution is -2.41. The predicted molar refractivity (Wildman–Crippen MR) is 62.5 cm³/mol. The highest BCUT2D eigenvalue weighted by Crippen LogP contribution is 2.02. The van der Waals surface area contributed by atoms with E-state index in [2.05, 4.69) is 16.9 Å². The summed E-state index contributed by atoms with van der Waals surface area (Å²) in [7, 11) is 0. The first-order chi connectivity index (χ1) is 8.54. The first-order valence-electron chi connectivity index (χ1n) is 5.30. The fourth-order valence-electron chi connectivity index (χ4n) is 1.28. The van der Waals surface area contributed by atoms with Gasteiger partial charge in [0.25, 0.3) is 5.91 Å². The minimum Gasteiger partial charge on any atom is -0.480 e. The van der Waals surface area contributed by atoms with Crippen molar-refractivity contribution in [3.63, 3.8) is 0 Å². The summed E-state index contributed by atoms with van der Waals surface area (Å²) in [5.41, 5.74) is -0.0266. The van der Waals surface area contributed by atoms with Gasteiger partial charge in [0, 0.05) is 0 Å². The number of aromatic nitrogens is 1. The van der Waals surface area contributed by atoms with Gasteiger partial charge in [-0.2, -0.15) is 0 Å². The minimum absolute atomic E-state index is 0.0266. The second-order valence-electron chi connectivity index (χ2n) is 3.59. The average molecular weight is 252 g/mol. The summed E-state index contributed by atoms with van der Waals surface area (Å²) in [6.07, 6.45) is 3.17. The zero-order chi connectivity index (χ0) is 13.5. The molecule has 0 fully saturated rings. The molecule has 18 heavy (non-hydrogen) atoms. The van der Waals surface area contributed by atoms with Gasteiger partial charge in [0.2, 0.25) is 0 Å². The van der Waals surface area contributed by atoms with Gasteiger partial charge in [0.05, 0.1) is 6.20 Å². The summed E-state index contributed by atoms with van der Waals surface area (Å²) in [5.74, 6) is -2.34. The van der Waals surface area contributed by atoms with E-state index in [1.54, 1.807) is 6.08 Å². The van der Waals surface area contributed by atoms with Gasteiger partial charge in [0.1, 0.15) is 17.6 Å². The Bertz CT molecular complexity index is 445. The summed E-state index contributed by atoms with van der Waals surface area (Å²) in [5, 5.41) is 11.2. The average Bonchev–Trinajstić information content (AvgIpc) is 2.34. The fourth-order valence-corrected chi connectivity index (χ4v) is 1.28. The van der Waals surface area contributed by atoms with Crippen LogP contribution >= 0.6 is 0 Å². The number of carboxylic acid groups (broad SMARTS) is 1. The van der Waals surface area contributed by atoms with Crippen molar-refractivity contribution >= 4 is 11.9 Å². The van der Waals surface area contributed by atoms with Gasteiger partial charge in [-0.3, -0.25) is 4.79 Å². The maximum absolute atomic E-state index is 12.6. The lowest BCUT2D eigenvalue weighted by atomic mass is 10.1. The van der Waals surface area contributed by atoms with Crippen molar-refractivity contribution in [1.29, 1.82) is 0 Å². The molecule has 1 amide bonds. The molecule has 0 saturated heterocycles. The van der Waals surface area contributed by atoms with E-state index in [1.165, 1.54) is 6.07 Å². The Kier molecular flexibility index (Phi) is 4.98. The van der Waals surface area contributed by atoms with Gasteiger partial charge in [-0.05, 0) is 25.0 Å². The molecule has 1 atom stereocenters. The Morgan fingerprint density at radius 3 is 2.78 bits per heavy atom. The van der Waals surface area contributed by atoms with Crippen LogP contribution in [0.15, 0.2) is 31.0 Å². The number of nitrogens with zero attached hydrogens (tertiary/aromatic N) is 1. The first-order valence-corrected chi connectivity index (χ1v) is 5.30. The van der Waals surface area contributed by atoms with Gasteiger partial charge in [-0.25, -0.2) is 14.2 Å². The van der Waals surface area contributed by atoms with E-state index in [0.29, 0.717) is 6.42 Å². The number of nitrogens with one attached hydrogen (secondary N) is 1. The van der Waals surface area contributed by atoms with Gasteiger partial charge in [-0.15, -0.1) is 6.58 Å². The SMILES string of the molecule is C=CCCC(NC(=O)c1ccc(F)cn1)C(=O)O. The highest BCUT2D eigenvalue weighted by atomic mass is 19.1. The number of carbonyl (C=O) groups is 2.